The van der Waals surface area contributed by atoms with Crippen LogP contribution in [-0.2, 0) is 9.53 Å². The van der Waals surface area contributed by atoms with Gasteiger partial charge in [0.25, 0.3) is 0 Å². The number of ether oxygens (including phenoxy) is 1. The highest BCUT2D eigenvalue weighted by Gasteiger charge is 2.40. The van der Waals surface area contributed by atoms with E-state index in [0.29, 0.717) is 29.8 Å². The third kappa shape index (κ3) is 4.84. The van der Waals surface area contributed by atoms with Crippen LogP contribution in [0, 0.1) is 0 Å². The van der Waals surface area contributed by atoms with Crippen LogP contribution in [0.3, 0.4) is 0 Å². The van der Waals surface area contributed by atoms with E-state index in [4.69, 9.17) is 16.3 Å². The van der Waals surface area contributed by atoms with Crippen molar-refractivity contribution in [1.29, 1.82) is 0 Å². The molecule has 2 N–H and O–H groups in total. The lowest BCUT2D eigenvalue weighted by Crippen LogP contribution is -2.50. The zero-order valence-electron chi connectivity index (χ0n) is 15.3. The molecule has 1 saturated heterocycles. The first kappa shape index (κ1) is 20.2. The second kappa shape index (κ2) is 8.21. The third-order valence-corrected chi connectivity index (χ3v) is 5.69. The molecule has 1 aliphatic rings. The van der Waals surface area contributed by atoms with Crippen LogP contribution < -0.4 is 5.32 Å². The summed E-state index contributed by atoms with van der Waals surface area (Å²) in [5.74, 6) is 0.190. The van der Waals surface area contributed by atoms with Crippen LogP contribution in [0.2, 0.25) is 5.02 Å². The molecule has 1 heterocycles. The molecule has 6 heteroatoms. The molecule has 27 heavy (non-hydrogen) atoms. The summed E-state index contributed by atoms with van der Waals surface area (Å²) in [6.45, 7) is 3.88. The van der Waals surface area contributed by atoms with Crippen molar-refractivity contribution >= 4 is 33.4 Å². The number of amides is 1. The zero-order chi connectivity index (χ0) is 19.6. The molecule has 1 aliphatic heterocycles. The Bertz CT molecular complexity index is 827. The lowest BCUT2D eigenvalue weighted by atomic mass is 9.81. The maximum atomic E-state index is 12.1. The van der Waals surface area contributed by atoms with Gasteiger partial charge in [0.1, 0.15) is 5.75 Å². The molecule has 3 rings (SSSR count). The Morgan fingerprint density at radius 2 is 1.93 bits per heavy atom. The summed E-state index contributed by atoms with van der Waals surface area (Å²) in [5, 5.41) is 14.2. The monoisotopic (exact) mass is 451 g/mol. The van der Waals surface area contributed by atoms with Crippen molar-refractivity contribution in [3.63, 3.8) is 0 Å². The number of nitrogens with one attached hydrogen (secondary N) is 1. The van der Waals surface area contributed by atoms with E-state index in [1.54, 1.807) is 12.1 Å². The fourth-order valence-corrected chi connectivity index (χ4v) is 4.07. The van der Waals surface area contributed by atoms with Gasteiger partial charge in [-0.3, -0.25) is 4.79 Å². The van der Waals surface area contributed by atoms with Crippen molar-refractivity contribution in [2.24, 2.45) is 0 Å². The van der Waals surface area contributed by atoms with Gasteiger partial charge in [-0.2, -0.15) is 0 Å². The average molecular weight is 453 g/mol. The van der Waals surface area contributed by atoms with Gasteiger partial charge < -0.3 is 15.2 Å². The number of phenols is 1. The number of hydrogen-bond acceptors (Lipinski definition) is 3. The van der Waals surface area contributed by atoms with Gasteiger partial charge in [0.05, 0.1) is 12.2 Å². The Hall–Kier alpha value is -1.56. The van der Waals surface area contributed by atoms with Crippen LogP contribution in [-0.4, -0.2) is 16.6 Å². The van der Waals surface area contributed by atoms with E-state index in [1.165, 1.54) is 0 Å². The molecular weight excluding hydrogens is 430 g/mol. The Morgan fingerprint density at radius 1 is 1.26 bits per heavy atom. The molecule has 0 bridgehead atoms. The molecule has 0 saturated carbocycles. The normalized spacial score (nSPS) is 25.2. The first-order valence-corrected chi connectivity index (χ1v) is 10.2. The largest absolute Gasteiger partial charge is 0.508 e. The molecule has 2 aromatic rings. The molecule has 1 fully saturated rings. The minimum absolute atomic E-state index is 0.00599. The van der Waals surface area contributed by atoms with Crippen LogP contribution >= 0.6 is 27.5 Å². The van der Waals surface area contributed by atoms with Gasteiger partial charge in [-0.25, -0.2) is 0 Å². The summed E-state index contributed by atoms with van der Waals surface area (Å²) < 4.78 is 7.24. The first-order valence-electron chi connectivity index (χ1n) is 9.00. The molecule has 1 amide bonds. The van der Waals surface area contributed by atoms with Gasteiger partial charge >= 0.3 is 0 Å². The van der Waals surface area contributed by atoms with Gasteiger partial charge in [-0.15, -0.1) is 0 Å². The molecule has 144 valence electrons. The van der Waals surface area contributed by atoms with Crippen LogP contribution in [0.4, 0.5) is 0 Å². The Kier molecular flexibility index (Phi) is 6.14. The topological polar surface area (TPSA) is 58.6 Å². The molecule has 0 aromatic heterocycles. The number of halogens is 2. The van der Waals surface area contributed by atoms with Crippen molar-refractivity contribution < 1.29 is 14.6 Å². The van der Waals surface area contributed by atoms with E-state index >= 15 is 0 Å². The van der Waals surface area contributed by atoms with Gasteiger partial charge in [-0.1, -0.05) is 46.6 Å². The van der Waals surface area contributed by atoms with E-state index in [9.17, 15) is 9.90 Å². The summed E-state index contributed by atoms with van der Waals surface area (Å²) in [4.78, 5) is 12.1. The Labute approximate surface area is 173 Å². The molecule has 3 atom stereocenters. The Balaban J connectivity index is 1.96. The van der Waals surface area contributed by atoms with Crippen molar-refractivity contribution in [1.82, 2.24) is 5.32 Å². The fraction of sp³-hybridized carbons (Fsp3) is 0.381. The van der Waals surface area contributed by atoms with E-state index < -0.39 is 5.54 Å². The lowest BCUT2D eigenvalue weighted by molar-refractivity contribution is -0.128. The highest BCUT2D eigenvalue weighted by Crippen LogP contribution is 2.46. The summed E-state index contributed by atoms with van der Waals surface area (Å²) >= 11 is 9.48. The number of phenolic OH excluding ortho intramolecular Hbond substituents is 1. The molecule has 2 aromatic carbocycles. The predicted octanol–water partition coefficient (Wildman–Crippen LogP) is 5.69. The number of carbonyl (C=O) groups excluding carboxylic acids is 1. The van der Waals surface area contributed by atoms with Crippen LogP contribution in [0.5, 0.6) is 5.75 Å². The average Bonchev–Trinajstić information content (AvgIpc) is 2.63. The van der Waals surface area contributed by atoms with Gasteiger partial charge in [0.2, 0.25) is 5.91 Å². The van der Waals surface area contributed by atoms with E-state index in [-0.39, 0.29) is 23.9 Å². The van der Waals surface area contributed by atoms with Crippen LogP contribution in [0.15, 0.2) is 46.9 Å². The smallest absolute Gasteiger partial charge is 0.220 e. The summed E-state index contributed by atoms with van der Waals surface area (Å²) in [5.41, 5.74) is 1.25. The third-order valence-electron chi connectivity index (χ3n) is 4.94. The van der Waals surface area contributed by atoms with E-state index in [2.05, 4.69) is 21.2 Å². The second-order valence-corrected chi connectivity index (χ2v) is 8.59. The summed E-state index contributed by atoms with van der Waals surface area (Å²) in [7, 11) is 0. The maximum Gasteiger partial charge on any atom is 0.220 e. The summed E-state index contributed by atoms with van der Waals surface area (Å²) in [6.07, 6.45) is 1.08. The van der Waals surface area contributed by atoms with E-state index in [0.717, 1.165) is 10.0 Å². The predicted molar refractivity (Wildman–Crippen MR) is 110 cm³/mol. The van der Waals surface area contributed by atoms with Gasteiger partial charge in [-0.05, 0) is 42.8 Å². The Morgan fingerprint density at radius 3 is 2.59 bits per heavy atom. The number of hydrogen-bond donors (Lipinski definition) is 2. The molecular formula is C21H23BrClNO3. The molecule has 0 spiro atoms. The van der Waals surface area contributed by atoms with Gasteiger partial charge in [0.15, 0.2) is 0 Å². The quantitative estimate of drug-likeness (QED) is 0.627. The second-order valence-electron chi connectivity index (χ2n) is 7.24. The molecule has 0 unspecified atom stereocenters. The van der Waals surface area contributed by atoms with Gasteiger partial charge in [0, 0.05) is 39.9 Å². The highest BCUT2D eigenvalue weighted by molar-refractivity contribution is 9.10. The maximum absolute atomic E-state index is 12.1. The van der Waals surface area contributed by atoms with Crippen molar-refractivity contribution in [3.8, 4) is 5.75 Å². The minimum Gasteiger partial charge on any atom is -0.508 e. The number of carbonyl (C=O) groups is 1. The molecule has 0 radical (unpaired) electrons. The first-order chi connectivity index (χ1) is 12.8. The molecule has 0 aliphatic carbocycles. The van der Waals surface area contributed by atoms with Crippen molar-refractivity contribution in [2.45, 2.75) is 50.9 Å². The van der Waals surface area contributed by atoms with E-state index in [1.807, 2.05) is 44.2 Å². The minimum atomic E-state index is -0.449. The summed E-state index contributed by atoms with van der Waals surface area (Å²) in [6, 6.07) is 12.9. The van der Waals surface area contributed by atoms with Crippen LogP contribution in [0.1, 0.15) is 56.4 Å². The number of rotatable bonds is 4. The number of benzene rings is 2. The van der Waals surface area contributed by atoms with Crippen molar-refractivity contribution in [2.75, 3.05) is 0 Å². The lowest BCUT2D eigenvalue weighted by Gasteiger charge is -2.43. The zero-order valence-corrected chi connectivity index (χ0v) is 17.7. The fourth-order valence-electron chi connectivity index (χ4n) is 3.56. The standard InChI is InChI=1S/C21H23BrClNO3/c1-3-20(26)24-21(2)11-18(13-4-7-15(23)8-5-13)27-19(12-21)16-10-14(22)6-9-17(16)25/h4-10,18-19,25H,3,11-12H2,1-2H3,(H,24,26)/t18-,19+,21+/m0/s1. The SMILES string of the molecule is CCC(=O)N[C@]1(C)C[C@@H](c2ccc(Cl)cc2)O[C@@H](c2cc(Br)ccc2O)C1. The highest BCUT2D eigenvalue weighted by atomic mass is 79.9. The molecule has 4 nitrogen and oxygen atoms in total. The van der Waals surface area contributed by atoms with Crippen molar-refractivity contribution in [3.05, 3.63) is 63.1 Å². The van der Waals surface area contributed by atoms with Crippen LogP contribution in [0.25, 0.3) is 0 Å². The number of aromatic hydroxyl groups is 1.